The van der Waals surface area contributed by atoms with Crippen molar-refractivity contribution in [1.29, 1.82) is 0 Å². The third kappa shape index (κ3) is 2.50. The normalized spacial score (nSPS) is 11.9. The number of fused-ring (bicyclic) bond motifs is 1. The molecule has 0 amide bonds. The van der Waals surface area contributed by atoms with Crippen molar-refractivity contribution >= 4 is 20.9 Å². The molecule has 2 N–H and O–H groups in total. The fourth-order valence-corrected chi connectivity index (χ4v) is 2.84. The Bertz CT molecular complexity index is 943. The number of sulfone groups is 1. The lowest BCUT2D eigenvalue weighted by Gasteiger charge is -2.01. The van der Waals surface area contributed by atoms with Gasteiger partial charge in [-0.15, -0.1) is 0 Å². The number of aromatic amines is 1. The Morgan fingerprint density at radius 2 is 1.90 bits per heavy atom. The van der Waals surface area contributed by atoms with E-state index in [0.717, 1.165) is 11.8 Å². The largest absolute Gasteiger partial charge is 0.507 e. The average Bonchev–Trinajstić information content (AvgIpc) is 2.79. The number of hydrogen-bond donors (Lipinski definition) is 2. The van der Waals surface area contributed by atoms with Crippen LogP contribution in [-0.2, 0) is 9.84 Å². The third-order valence-electron chi connectivity index (χ3n) is 3.29. The van der Waals surface area contributed by atoms with Gasteiger partial charge in [-0.25, -0.2) is 13.4 Å². The number of phenols is 1. The van der Waals surface area contributed by atoms with E-state index in [1.165, 1.54) is 6.07 Å². The Morgan fingerprint density at radius 3 is 2.57 bits per heavy atom. The quantitative estimate of drug-likeness (QED) is 0.762. The van der Waals surface area contributed by atoms with Crippen LogP contribution in [0.15, 0.2) is 41.3 Å². The van der Waals surface area contributed by atoms with E-state index >= 15 is 0 Å². The number of H-pyrrole nitrogens is 1. The SMILES string of the molecule is Cc1ccc(-c2nc3ccc(S(C)(=O)=O)cc3[nH]2)c(O)c1. The number of aromatic nitrogens is 2. The number of aromatic hydroxyl groups is 1. The highest BCUT2D eigenvalue weighted by atomic mass is 32.2. The van der Waals surface area contributed by atoms with Crippen molar-refractivity contribution in [3.8, 4) is 17.1 Å². The Balaban J connectivity index is 2.17. The van der Waals surface area contributed by atoms with E-state index < -0.39 is 9.84 Å². The van der Waals surface area contributed by atoms with E-state index in [9.17, 15) is 13.5 Å². The lowest BCUT2D eigenvalue weighted by atomic mass is 10.1. The third-order valence-corrected chi connectivity index (χ3v) is 4.40. The highest BCUT2D eigenvalue weighted by Gasteiger charge is 2.12. The van der Waals surface area contributed by atoms with Crippen LogP contribution in [-0.4, -0.2) is 29.7 Å². The van der Waals surface area contributed by atoms with Gasteiger partial charge in [-0.05, 0) is 42.8 Å². The summed E-state index contributed by atoms with van der Waals surface area (Å²) in [6.07, 6.45) is 1.16. The van der Waals surface area contributed by atoms with Crippen molar-refractivity contribution < 1.29 is 13.5 Å². The first-order valence-electron chi connectivity index (χ1n) is 6.34. The molecule has 0 fully saturated rings. The maximum absolute atomic E-state index is 11.6. The standard InChI is InChI=1S/C15H14N2O3S/c1-9-3-5-11(14(18)7-9)15-16-12-6-4-10(21(2,19)20)8-13(12)17-15/h3-8,18H,1-2H3,(H,16,17). The fraction of sp³-hybridized carbons (Fsp3) is 0.133. The predicted molar refractivity (Wildman–Crippen MR) is 81.0 cm³/mol. The van der Waals surface area contributed by atoms with Gasteiger partial charge in [0.15, 0.2) is 9.84 Å². The summed E-state index contributed by atoms with van der Waals surface area (Å²) in [5.74, 6) is 0.644. The van der Waals surface area contributed by atoms with Crippen LogP contribution in [0, 0.1) is 6.92 Å². The number of nitrogens with one attached hydrogen (secondary N) is 1. The van der Waals surface area contributed by atoms with Gasteiger partial charge >= 0.3 is 0 Å². The summed E-state index contributed by atoms with van der Waals surface area (Å²) in [5.41, 5.74) is 2.80. The molecule has 0 radical (unpaired) electrons. The van der Waals surface area contributed by atoms with Gasteiger partial charge in [-0.2, -0.15) is 0 Å². The zero-order valence-electron chi connectivity index (χ0n) is 11.6. The Kier molecular flexibility index (Phi) is 2.98. The van der Waals surface area contributed by atoms with Gasteiger partial charge in [0, 0.05) is 6.26 Å². The molecule has 0 aliphatic carbocycles. The van der Waals surface area contributed by atoms with Crippen LogP contribution >= 0.6 is 0 Å². The molecule has 2 aromatic carbocycles. The summed E-state index contributed by atoms with van der Waals surface area (Å²) in [6.45, 7) is 1.89. The van der Waals surface area contributed by atoms with Crippen LogP contribution in [0.5, 0.6) is 5.75 Å². The maximum atomic E-state index is 11.6. The van der Waals surface area contributed by atoms with Gasteiger partial charge in [-0.3, -0.25) is 0 Å². The lowest BCUT2D eigenvalue weighted by Crippen LogP contribution is -1.96. The van der Waals surface area contributed by atoms with E-state index in [1.807, 2.05) is 13.0 Å². The van der Waals surface area contributed by atoms with Crippen molar-refractivity contribution in [3.05, 3.63) is 42.0 Å². The molecular formula is C15H14N2O3S. The summed E-state index contributed by atoms with van der Waals surface area (Å²) >= 11 is 0. The second kappa shape index (κ2) is 4.60. The molecule has 21 heavy (non-hydrogen) atoms. The molecule has 6 heteroatoms. The zero-order valence-corrected chi connectivity index (χ0v) is 12.4. The molecule has 0 aliphatic heterocycles. The molecule has 0 bridgehead atoms. The smallest absolute Gasteiger partial charge is 0.175 e. The number of imidazole rings is 1. The molecule has 0 atom stereocenters. The minimum absolute atomic E-state index is 0.136. The first-order valence-corrected chi connectivity index (χ1v) is 8.23. The molecule has 0 spiro atoms. The monoisotopic (exact) mass is 302 g/mol. The highest BCUT2D eigenvalue weighted by molar-refractivity contribution is 7.90. The van der Waals surface area contributed by atoms with Crippen LogP contribution in [0.2, 0.25) is 0 Å². The van der Waals surface area contributed by atoms with Gasteiger partial charge in [0.2, 0.25) is 0 Å². The molecule has 0 saturated heterocycles. The molecule has 0 aliphatic rings. The van der Waals surface area contributed by atoms with Gasteiger partial charge in [0.05, 0.1) is 21.5 Å². The lowest BCUT2D eigenvalue weighted by molar-refractivity contribution is 0.476. The minimum Gasteiger partial charge on any atom is -0.507 e. The number of nitrogens with zero attached hydrogens (tertiary/aromatic N) is 1. The van der Waals surface area contributed by atoms with E-state index in [4.69, 9.17) is 0 Å². The number of phenolic OH excluding ortho intramolecular Hbond substituents is 1. The van der Waals surface area contributed by atoms with Crippen LogP contribution in [0.1, 0.15) is 5.56 Å². The Labute approximate surface area is 122 Å². The molecule has 3 rings (SSSR count). The van der Waals surface area contributed by atoms with Gasteiger partial charge < -0.3 is 10.1 Å². The van der Waals surface area contributed by atoms with Gasteiger partial charge in [0.1, 0.15) is 11.6 Å². The summed E-state index contributed by atoms with van der Waals surface area (Å²) in [4.78, 5) is 7.67. The number of benzene rings is 2. The predicted octanol–water partition coefficient (Wildman–Crippen LogP) is 2.65. The van der Waals surface area contributed by atoms with Crippen LogP contribution < -0.4 is 0 Å². The maximum Gasteiger partial charge on any atom is 0.175 e. The number of aryl methyl sites for hydroxylation is 1. The van der Waals surface area contributed by atoms with E-state index in [0.29, 0.717) is 22.4 Å². The van der Waals surface area contributed by atoms with Crippen molar-refractivity contribution in [2.75, 3.05) is 6.26 Å². The summed E-state index contributed by atoms with van der Waals surface area (Å²) in [7, 11) is -3.26. The number of hydrogen-bond acceptors (Lipinski definition) is 4. The van der Waals surface area contributed by atoms with Crippen LogP contribution in [0.3, 0.4) is 0 Å². The zero-order chi connectivity index (χ0) is 15.2. The Morgan fingerprint density at radius 1 is 1.14 bits per heavy atom. The molecule has 0 unspecified atom stereocenters. The van der Waals surface area contributed by atoms with Gasteiger partial charge in [0.25, 0.3) is 0 Å². The molecule has 1 aromatic heterocycles. The summed E-state index contributed by atoms with van der Waals surface area (Å²) < 4.78 is 23.1. The average molecular weight is 302 g/mol. The molecule has 3 aromatic rings. The van der Waals surface area contributed by atoms with Crippen molar-refractivity contribution in [3.63, 3.8) is 0 Å². The molecule has 108 valence electrons. The Hall–Kier alpha value is -2.34. The molecular weight excluding hydrogens is 288 g/mol. The topological polar surface area (TPSA) is 83.0 Å². The first kappa shape index (κ1) is 13.6. The van der Waals surface area contributed by atoms with E-state index in [2.05, 4.69) is 9.97 Å². The van der Waals surface area contributed by atoms with Crippen molar-refractivity contribution in [2.24, 2.45) is 0 Å². The summed E-state index contributed by atoms with van der Waals surface area (Å²) in [6, 6.07) is 10.0. The fourth-order valence-electron chi connectivity index (χ4n) is 2.19. The first-order chi connectivity index (χ1) is 9.84. The molecule has 1 heterocycles. The second-order valence-electron chi connectivity index (χ2n) is 5.06. The van der Waals surface area contributed by atoms with Gasteiger partial charge in [-0.1, -0.05) is 6.07 Å². The number of rotatable bonds is 2. The van der Waals surface area contributed by atoms with Crippen molar-refractivity contribution in [1.82, 2.24) is 9.97 Å². The summed E-state index contributed by atoms with van der Waals surface area (Å²) in [5, 5.41) is 10.00. The van der Waals surface area contributed by atoms with Crippen LogP contribution in [0.25, 0.3) is 22.4 Å². The van der Waals surface area contributed by atoms with Crippen LogP contribution in [0.4, 0.5) is 0 Å². The molecule has 5 nitrogen and oxygen atoms in total. The second-order valence-corrected chi connectivity index (χ2v) is 7.07. The highest BCUT2D eigenvalue weighted by Crippen LogP contribution is 2.29. The molecule has 0 saturated carbocycles. The van der Waals surface area contributed by atoms with Crippen molar-refractivity contribution in [2.45, 2.75) is 11.8 Å². The van der Waals surface area contributed by atoms with E-state index in [1.54, 1.807) is 24.3 Å². The van der Waals surface area contributed by atoms with E-state index in [-0.39, 0.29) is 10.6 Å². The minimum atomic E-state index is -3.26.